The van der Waals surface area contributed by atoms with Crippen molar-refractivity contribution in [1.82, 2.24) is 0 Å². The van der Waals surface area contributed by atoms with Gasteiger partial charge >= 0.3 is 5.97 Å². The second-order valence-corrected chi connectivity index (χ2v) is 6.41. The number of carboxylic acid groups (broad SMARTS) is 1. The van der Waals surface area contributed by atoms with Crippen molar-refractivity contribution in [3.05, 3.63) is 0 Å². The van der Waals surface area contributed by atoms with E-state index >= 15 is 0 Å². The van der Waals surface area contributed by atoms with Crippen LogP contribution in [0.4, 0.5) is 0 Å². The summed E-state index contributed by atoms with van der Waals surface area (Å²) in [6, 6.07) is 0. The molecule has 3 nitrogen and oxygen atoms in total. The van der Waals surface area contributed by atoms with Gasteiger partial charge in [-0.1, -0.05) is 0 Å². The van der Waals surface area contributed by atoms with Gasteiger partial charge in [-0.05, 0) is 24.5 Å². The topological polar surface area (TPSA) is 54.4 Å². The fraction of sp³-hybridized carbons (Fsp3) is 0.889. The first-order chi connectivity index (χ1) is 6.58. The van der Waals surface area contributed by atoms with Crippen LogP contribution in [0.15, 0.2) is 0 Å². The Bertz CT molecular complexity index is 236. The summed E-state index contributed by atoms with van der Waals surface area (Å²) in [6.45, 7) is 0. The Morgan fingerprint density at radius 1 is 1.57 bits per heavy atom. The first-order valence-electron chi connectivity index (χ1n) is 4.64. The molecule has 0 saturated heterocycles. The minimum Gasteiger partial charge on any atom is -0.481 e. The third kappa shape index (κ3) is 4.00. The van der Waals surface area contributed by atoms with Crippen molar-refractivity contribution in [1.29, 1.82) is 0 Å². The molecule has 0 aromatic carbocycles. The van der Waals surface area contributed by atoms with Crippen molar-refractivity contribution in [3.8, 4) is 0 Å². The van der Waals surface area contributed by atoms with Gasteiger partial charge in [-0.25, -0.2) is 0 Å². The van der Waals surface area contributed by atoms with Crippen LogP contribution < -0.4 is 0 Å². The highest BCUT2D eigenvalue weighted by Crippen LogP contribution is 2.49. The quantitative estimate of drug-likeness (QED) is 0.725. The van der Waals surface area contributed by atoms with Crippen molar-refractivity contribution in [2.45, 2.75) is 19.3 Å². The lowest BCUT2D eigenvalue weighted by Gasteiger charge is -2.11. The van der Waals surface area contributed by atoms with Crippen LogP contribution in [0.5, 0.6) is 0 Å². The number of carbonyl (C=O) groups is 1. The highest BCUT2D eigenvalue weighted by Gasteiger charge is 2.45. The van der Waals surface area contributed by atoms with Crippen LogP contribution in [0.1, 0.15) is 19.3 Å². The minimum absolute atomic E-state index is 0.116. The Hall–Kier alpha value is -0.0300. The second kappa shape index (κ2) is 5.16. The van der Waals surface area contributed by atoms with Crippen molar-refractivity contribution < 1.29 is 14.1 Å². The summed E-state index contributed by atoms with van der Waals surface area (Å²) >= 11 is 1.68. The predicted octanol–water partition coefficient (Wildman–Crippen LogP) is 1.35. The average molecular weight is 236 g/mol. The number of aliphatic carboxylic acids is 1. The molecule has 0 aromatic rings. The molecular formula is C9H16O3S2. The SMILES string of the molecule is CSCCS(=O)CC1(CC(=O)O)CC1. The monoisotopic (exact) mass is 236 g/mol. The van der Waals surface area contributed by atoms with Gasteiger partial charge < -0.3 is 5.11 Å². The smallest absolute Gasteiger partial charge is 0.303 e. The first-order valence-corrected chi connectivity index (χ1v) is 7.52. The fourth-order valence-electron chi connectivity index (χ4n) is 1.46. The van der Waals surface area contributed by atoms with Crippen LogP contribution in [0.3, 0.4) is 0 Å². The van der Waals surface area contributed by atoms with E-state index in [1.165, 1.54) is 0 Å². The molecule has 1 aliphatic rings. The second-order valence-electron chi connectivity index (χ2n) is 3.85. The van der Waals surface area contributed by atoms with E-state index in [4.69, 9.17) is 5.11 Å². The van der Waals surface area contributed by atoms with Crippen LogP contribution in [0.2, 0.25) is 0 Å². The molecule has 1 N–H and O–H groups in total. The van der Waals surface area contributed by atoms with Crippen LogP contribution in [-0.2, 0) is 15.6 Å². The summed E-state index contributed by atoms with van der Waals surface area (Å²) in [5.41, 5.74) is -0.116. The van der Waals surface area contributed by atoms with Crippen molar-refractivity contribution in [3.63, 3.8) is 0 Å². The standard InChI is InChI=1S/C9H16O3S2/c1-13-4-5-14(12)7-9(2-3-9)6-8(10)11/h2-7H2,1H3,(H,10,11). The zero-order chi connectivity index (χ0) is 10.6. The maximum absolute atomic E-state index is 11.5. The van der Waals surface area contributed by atoms with E-state index < -0.39 is 16.8 Å². The van der Waals surface area contributed by atoms with E-state index in [1.54, 1.807) is 11.8 Å². The Labute approximate surface area is 91.1 Å². The summed E-state index contributed by atoms with van der Waals surface area (Å²) in [5, 5.41) is 8.67. The molecule has 1 rings (SSSR count). The van der Waals surface area contributed by atoms with E-state index in [0.29, 0.717) is 11.5 Å². The van der Waals surface area contributed by atoms with Crippen LogP contribution in [0, 0.1) is 5.41 Å². The molecule has 1 unspecified atom stereocenters. The lowest BCUT2D eigenvalue weighted by Crippen LogP contribution is -2.18. The van der Waals surface area contributed by atoms with Crippen LogP contribution >= 0.6 is 11.8 Å². The number of hydrogen-bond acceptors (Lipinski definition) is 3. The molecule has 0 aliphatic heterocycles. The fourth-order valence-corrected chi connectivity index (χ4v) is 4.09. The maximum atomic E-state index is 11.5. The summed E-state index contributed by atoms with van der Waals surface area (Å²) in [5.74, 6) is 1.42. The molecule has 1 atom stereocenters. The van der Waals surface area contributed by atoms with Crippen molar-refractivity contribution >= 4 is 28.5 Å². The third-order valence-electron chi connectivity index (χ3n) is 2.47. The number of carboxylic acids is 1. The molecule has 5 heteroatoms. The van der Waals surface area contributed by atoms with E-state index in [0.717, 1.165) is 18.6 Å². The molecule has 1 aliphatic carbocycles. The normalized spacial score (nSPS) is 20.4. The van der Waals surface area contributed by atoms with E-state index in [2.05, 4.69) is 0 Å². The van der Waals surface area contributed by atoms with E-state index in [1.807, 2.05) is 6.26 Å². The first kappa shape index (κ1) is 12.0. The Balaban J connectivity index is 2.28. The van der Waals surface area contributed by atoms with Gasteiger partial charge in [-0.15, -0.1) is 0 Å². The molecule has 0 heterocycles. The zero-order valence-corrected chi connectivity index (χ0v) is 9.96. The Kier molecular flexibility index (Phi) is 4.44. The Morgan fingerprint density at radius 2 is 2.21 bits per heavy atom. The molecule has 0 spiro atoms. The van der Waals surface area contributed by atoms with Crippen molar-refractivity contribution in [2.75, 3.05) is 23.5 Å². The largest absolute Gasteiger partial charge is 0.481 e. The predicted molar refractivity (Wildman–Crippen MR) is 60.2 cm³/mol. The van der Waals surface area contributed by atoms with Crippen LogP contribution in [0.25, 0.3) is 0 Å². The summed E-state index contributed by atoms with van der Waals surface area (Å²) in [6.07, 6.45) is 4.05. The minimum atomic E-state index is -0.827. The highest BCUT2D eigenvalue weighted by atomic mass is 32.2. The summed E-state index contributed by atoms with van der Waals surface area (Å²) in [4.78, 5) is 10.5. The average Bonchev–Trinajstić information content (AvgIpc) is 2.80. The van der Waals surface area contributed by atoms with E-state index in [9.17, 15) is 9.00 Å². The van der Waals surface area contributed by atoms with Gasteiger partial charge in [-0.3, -0.25) is 9.00 Å². The van der Waals surface area contributed by atoms with Crippen molar-refractivity contribution in [2.24, 2.45) is 5.41 Å². The molecule has 14 heavy (non-hydrogen) atoms. The third-order valence-corrected chi connectivity index (χ3v) is 4.93. The number of thioether (sulfide) groups is 1. The van der Waals surface area contributed by atoms with Crippen LogP contribution in [-0.4, -0.2) is 38.8 Å². The maximum Gasteiger partial charge on any atom is 0.303 e. The molecule has 1 fully saturated rings. The molecule has 0 bridgehead atoms. The zero-order valence-electron chi connectivity index (χ0n) is 8.32. The molecule has 0 aromatic heterocycles. The number of hydrogen-bond donors (Lipinski definition) is 1. The Morgan fingerprint density at radius 3 is 2.64 bits per heavy atom. The van der Waals surface area contributed by atoms with Gasteiger partial charge in [0.1, 0.15) is 0 Å². The van der Waals surface area contributed by atoms with E-state index in [-0.39, 0.29) is 11.8 Å². The molecule has 0 radical (unpaired) electrons. The lowest BCUT2D eigenvalue weighted by molar-refractivity contribution is -0.138. The lowest BCUT2D eigenvalue weighted by atomic mass is 10.1. The van der Waals surface area contributed by atoms with Gasteiger partial charge in [0.25, 0.3) is 0 Å². The molecule has 1 saturated carbocycles. The van der Waals surface area contributed by atoms with Gasteiger partial charge in [0.2, 0.25) is 0 Å². The van der Waals surface area contributed by atoms with Gasteiger partial charge in [0.15, 0.2) is 0 Å². The van der Waals surface area contributed by atoms with Gasteiger partial charge in [0.05, 0.1) is 6.42 Å². The number of rotatable bonds is 7. The summed E-state index contributed by atoms with van der Waals surface area (Å²) < 4.78 is 11.5. The van der Waals surface area contributed by atoms with Gasteiger partial charge in [0, 0.05) is 28.1 Å². The highest BCUT2D eigenvalue weighted by molar-refractivity contribution is 7.99. The molecular weight excluding hydrogens is 220 g/mol. The molecule has 0 amide bonds. The van der Waals surface area contributed by atoms with Gasteiger partial charge in [-0.2, -0.15) is 11.8 Å². The summed E-state index contributed by atoms with van der Waals surface area (Å²) in [7, 11) is -0.827. The molecule has 82 valence electrons.